The second-order valence-corrected chi connectivity index (χ2v) is 5.41. The van der Waals surface area contributed by atoms with Gasteiger partial charge in [0.25, 0.3) is 0 Å². The molecule has 1 aromatic carbocycles. The predicted octanol–water partition coefficient (Wildman–Crippen LogP) is 3.06. The Morgan fingerprint density at radius 1 is 1.26 bits per heavy atom. The molecule has 2 heterocycles. The van der Waals surface area contributed by atoms with Gasteiger partial charge in [0.15, 0.2) is 0 Å². The molecule has 1 aliphatic rings. The van der Waals surface area contributed by atoms with Crippen LogP contribution in [0, 0.1) is 6.92 Å². The number of hydrogen-bond acceptors (Lipinski definition) is 3. The third-order valence-corrected chi connectivity index (χ3v) is 3.60. The first kappa shape index (κ1) is 12.3. The van der Waals surface area contributed by atoms with Gasteiger partial charge < -0.3 is 9.73 Å². The summed E-state index contributed by atoms with van der Waals surface area (Å²) in [6.45, 7) is 3.87. The Balaban J connectivity index is 1.55. The molecule has 100 valence electrons. The Bertz CT molecular complexity index is 536. The molecule has 0 bridgehead atoms. The van der Waals surface area contributed by atoms with E-state index < -0.39 is 0 Å². The summed E-state index contributed by atoms with van der Waals surface area (Å²) in [4.78, 5) is 2.31. The number of anilines is 1. The van der Waals surface area contributed by atoms with Crippen molar-refractivity contribution in [2.75, 3.05) is 18.9 Å². The number of likely N-dealkylation sites (N-methyl/N-ethyl adjacent to an activating group) is 1. The van der Waals surface area contributed by atoms with Crippen molar-refractivity contribution < 1.29 is 4.42 Å². The normalized spacial score (nSPS) is 17.5. The highest BCUT2D eigenvalue weighted by Gasteiger charge is 2.21. The zero-order valence-corrected chi connectivity index (χ0v) is 11.5. The molecule has 0 fully saturated rings. The average Bonchev–Trinajstić information content (AvgIpc) is 2.94. The molecule has 0 aliphatic carbocycles. The van der Waals surface area contributed by atoms with Gasteiger partial charge in [-0.05, 0) is 44.2 Å². The quantitative estimate of drug-likeness (QED) is 0.911. The van der Waals surface area contributed by atoms with Crippen LogP contribution in [-0.2, 0) is 13.0 Å². The van der Waals surface area contributed by atoms with Crippen molar-refractivity contribution in [1.29, 1.82) is 0 Å². The monoisotopic (exact) mass is 256 g/mol. The van der Waals surface area contributed by atoms with E-state index in [0.717, 1.165) is 31.0 Å². The number of fused-ring (bicyclic) bond motifs is 1. The third kappa shape index (κ3) is 2.82. The largest absolute Gasteiger partial charge is 0.465 e. The summed E-state index contributed by atoms with van der Waals surface area (Å²) in [5.74, 6) is 2.02. The Hall–Kier alpha value is -1.74. The van der Waals surface area contributed by atoms with Crippen molar-refractivity contribution in [3.8, 4) is 0 Å². The Labute approximate surface area is 114 Å². The molecule has 0 radical (unpaired) electrons. The lowest BCUT2D eigenvalue weighted by atomic mass is 10.1. The van der Waals surface area contributed by atoms with Gasteiger partial charge in [-0.2, -0.15) is 0 Å². The maximum absolute atomic E-state index is 5.62. The Kier molecular flexibility index (Phi) is 3.30. The molecular weight excluding hydrogens is 236 g/mol. The number of nitrogens with one attached hydrogen (secondary N) is 1. The minimum absolute atomic E-state index is 0.499. The summed E-state index contributed by atoms with van der Waals surface area (Å²) in [5, 5.41) is 3.58. The number of benzene rings is 1. The van der Waals surface area contributed by atoms with E-state index >= 15 is 0 Å². The SMILES string of the molecule is Cc1ccc(CN(C)CC2Cc3ccccc3N2)o1. The third-order valence-electron chi connectivity index (χ3n) is 3.60. The maximum atomic E-state index is 5.62. The van der Waals surface area contributed by atoms with Crippen LogP contribution in [0.2, 0.25) is 0 Å². The first-order chi connectivity index (χ1) is 9.20. The molecular formula is C16H20N2O. The van der Waals surface area contributed by atoms with Crippen LogP contribution in [-0.4, -0.2) is 24.5 Å². The Morgan fingerprint density at radius 2 is 2.11 bits per heavy atom. The van der Waals surface area contributed by atoms with E-state index in [9.17, 15) is 0 Å². The highest BCUT2D eigenvalue weighted by Crippen LogP contribution is 2.25. The fourth-order valence-electron chi connectivity index (χ4n) is 2.76. The molecule has 1 N–H and O–H groups in total. The van der Waals surface area contributed by atoms with E-state index in [0.29, 0.717) is 6.04 Å². The van der Waals surface area contributed by atoms with E-state index in [1.54, 1.807) is 0 Å². The van der Waals surface area contributed by atoms with Crippen LogP contribution in [0.25, 0.3) is 0 Å². The average molecular weight is 256 g/mol. The summed E-state index contributed by atoms with van der Waals surface area (Å²) < 4.78 is 5.62. The highest BCUT2D eigenvalue weighted by atomic mass is 16.3. The zero-order valence-electron chi connectivity index (χ0n) is 11.5. The van der Waals surface area contributed by atoms with Gasteiger partial charge in [-0.25, -0.2) is 0 Å². The van der Waals surface area contributed by atoms with Crippen LogP contribution in [0.1, 0.15) is 17.1 Å². The van der Waals surface area contributed by atoms with Crippen LogP contribution >= 0.6 is 0 Å². The molecule has 1 atom stereocenters. The molecule has 0 amide bonds. The van der Waals surface area contributed by atoms with Crippen molar-refractivity contribution >= 4 is 5.69 Å². The lowest BCUT2D eigenvalue weighted by molar-refractivity contribution is 0.282. The zero-order chi connectivity index (χ0) is 13.2. The lowest BCUT2D eigenvalue weighted by Crippen LogP contribution is -2.32. The van der Waals surface area contributed by atoms with Crippen LogP contribution in [0.3, 0.4) is 0 Å². The van der Waals surface area contributed by atoms with Crippen molar-refractivity contribution in [3.05, 3.63) is 53.5 Å². The second kappa shape index (κ2) is 5.10. The van der Waals surface area contributed by atoms with Crippen molar-refractivity contribution in [2.45, 2.75) is 25.9 Å². The van der Waals surface area contributed by atoms with E-state index in [1.165, 1.54) is 11.3 Å². The van der Waals surface area contributed by atoms with E-state index in [1.807, 2.05) is 13.0 Å². The molecule has 1 aliphatic heterocycles. The first-order valence-corrected chi connectivity index (χ1v) is 6.79. The van der Waals surface area contributed by atoms with Gasteiger partial charge in [-0.1, -0.05) is 18.2 Å². The second-order valence-electron chi connectivity index (χ2n) is 5.41. The number of aryl methyl sites for hydroxylation is 1. The van der Waals surface area contributed by atoms with Gasteiger partial charge in [-0.3, -0.25) is 4.90 Å². The maximum Gasteiger partial charge on any atom is 0.118 e. The molecule has 1 unspecified atom stereocenters. The standard InChI is InChI=1S/C16H20N2O/c1-12-7-8-15(19-12)11-18(2)10-14-9-13-5-3-4-6-16(13)17-14/h3-8,14,17H,9-11H2,1-2H3. The molecule has 0 saturated carbocycles. The highest BCUT2D eigenvalue weighted by molar-refractivity contribution is 5.56. The predicted molar refractivity (Wildman–Crippen MR) is 77.3 cm³/mol. The molecule has 3 rings (SSSR count). The fraction of sp³-hybridized carbons (Fsp3) is 0.375. The van der Waals surface area contributed by atoms with E-state index in [-0.39, 0.29) is 0 Å². The smallest absolute Gasteiger partial charge is 0.118 e. The molecule has 0 saturated heterocycles. The summed E-state index contributed by atoms with van der Waals surface area (Å²) >= 11 is 0. The van der Waals surface area contributed by atoms with Crippen molar-refractivity contribution in [1.82, 2.24) is 4.90 Å². The number of hydrogen-bond donors (Lipinski definition) is 1. The molecule has 3 heteroatoms. The van der Waals surface area contributed by atoms with Crippen molar-refractivity contribution in [3.63, 3.8) is 0 Å². The lowest BCUT2D eigenvalue weighted by Gasteiger charge is -2.20. The van der Waals surface area contributed by atoms with Crippen molar-refractivity contribution in [2.24, 2.45) is 0 Å². The van der Waals surface area contributed by atoms with E-state index in [4.69, 9.17) is 4.42 Å². The van der Waals surface area contributed by atoms with Gasteiger partial charge in [0, 0.05) is 18.3 Å². The molecule has 19 heavy (non-hydrogen) atoms. The van der Waals surface area contributed by atoms with Gasteiger partial charge in [-0.15, -0.1) is 0 Å². The fourth-order valence-corrected chi connectivity index (χ4v) is 2.76. The Morgan fingerprint density at radius 3 is 2.84 bits per heavy atom. The van der Waals surface area contributed by atoms with Gasteiger partial charge >= 0.3 is 0 Å². The summed E-state index contributed by atoms with van der Waals surface area (Å²) in [5.41, 5.74) is 2.71. The number of para-hydroxylation sites is 1. The number of nitrogens with zero attached hydrogens (tertiary/aromatic N) is 1. The van der Waals surface area contributed by atoms with Gasteiger partial charge in [0.1, 0.15) is 11.5 Å². The first-order valence-electron chi connectivity index (χ1n) is 6.79. The van der Waals surface area contributed by atoms with Gasteiger partial charge in [0.2, 0.25) is 0 Å². The molecule has 1 aromatic heterocycles. The molecule has 0 spiro atoms. The molecule has 3 nitrogen and oxygen atoms in total. The van der Waals surface area contributed by atoms with Crippen LogP contribution < -0.4 is 5.32 Å². The number of furan rings is 1. The number of rotatable bonds is 4. The minimum atomic E-state index is 0.499. The minimum Gasteiger partial charge on any atom is -0.465 e. The van der Waals surface area contributed by atoms with Crippen LogP contribution in [0.4, 0.5) is 5.69 Å². The summed E-state index contributed by atoms with van der Waals surface area (Å²) in [6, 6.07) is 13.1. The van der Waals surface area contributed by atoms with Gasteiger partial charge in [0.05, 0.1) is 6.54 Å². The molecule has 2 aromatic rings. The van der Waals surface area contributed by atoms with E-state index in [2.05, 4.69) is 47.6 Å². The topological polar surface area (TPSA) is 28.4 Å². The summed E-state index contributed by atoms with van der Waals surface area (Å²) in [6.07, 6.45) is 1.11. The van der Waals surface area contributed by atoms with Crippen LogP contribution in [0.5, 0.6) is 0 Å². The summed E-state index contributed by atoms with van der Waals surface area (Å²) in [7, 11) is 2.14. The van der Waals surface area contributed by atoms with Crippen LogP contribution in [0.15, 0.2) is 40.8 Å².